The standard InChI is InChI=1S/C19H26O4/c1-18-7-6-14-12(13(18)4-5-17(18)23)3-2-11-8-15(21)16(22)9-19(11,14)10-20/h8,12-14,16,20,22H,2-7,9-10H2,1H3/t12-,13-,14+,16?,18-,19+/m0/s1. The molecule has 23 heavy (non-hydrogen) atoms. The summed E-state index contributed by atoms with van der Waals surface area (Å²) >= 11 is 0. The second-order valence-electron chi connectivity index (χ2n) is 8.44. The van der Waals surface area contributed by atoms with Gasteiger partial charge in [0.2, 0.25) is 0 Å². The molecule has 3 saturated carbocycles. The highest BCUT2D eigenvalue weighted by Crippen LogP contribution is 2.64. The van der Waals surface area contributed by atoms with Crippen molar-refractivity contribution in [3.05, 3.63) is 11.6 Å². The molecule has 0 saturated heterocycles. The molecular formula is C19H26O4. The second-order valence-corrected chi connectivity index (χ2v) is 8.44. The first-order chi connectivity index (χ1) is 10.9. The summed E-state index contributed by atoms with van der Waals surface area (Å²) < 4.78 is 0. The minimum atomic E-state index is -0.983. The Morgan fingerprint density at radius 3 is 2.70 bits per heavy atom. The van der Waals surface area contributed by atoms with Crippen molar-refractivity contribution < 1.29 is 19.8 Å². The lowest BCUT2D eigenvalue weighted by Crippen LogP contribution is -2.54. The molecule has 4 nitrogen and oxygen atoms in total. The van der Waals surface area contributed by atoms with Gasteiger partial charge < -0.3 is 10.2 Å². The molecule has 4 aliphatic rings. The SMILES string of the molecule is C[C@]12CC[C@@H]3[C@@H](CCC4=CC(=O)C(O)C[C@@]43CO)[C@@H]1CCC2=O. The van der Waals surface area contributed by atoms with Gasteiger partial charge in [0.15, 0.2) is 5.78 Å². The van der Waals surface area contributed by atoms with Crippen LogP contribution in [0.5, 0.6) is 0 Å². The van der Waals surface area contributed by atoms with E-state index in [9.17, 15) is 19.8 Å². The van der Waals surface area contributed by atoms with Gasteiger partial charge in [-0.1, -0.05) is 12.5 Å². The third-order valence-corrected chi connectivity index (χ3v) is 7.73. The molecule has 4 rings (SSSR count). The van der Waals surface area contributed by atoms with Crippen molar-refractivity contribution in [2.24, 2.45) is 28.6 Å². The Morgan fingerprint density at radius 2 is 1.96 bits per heavy atom. The first-order valence-corrected chi connectivity index (χ1v) is 8.99. The number of rotatable bonds is 1. The fourth-order valence-corrected chi connectivity index (χ4v) is 6.45. The number of fused-ring (bicyclic) bond motifs is 5. The van der Waals surface area contributed by atoms with Gasteiger partial charge >= 0.3 is 0 Å². The van der Waals surface area contributed by atoms with Gasteiger partial charge in [0.25, 0.3) is 0 Å². The van der Waals surface area contributed by atoms with Crippen molar-refractivity contribution >= 4 is 11.6 Å². The van der Waals surface area contributed by atoms with Crippen molar-refractivity contribution in [2.45, 2.75) is 58.0 Å². The zero-order chi connectivity index (χ0) is 16.4. The zero-order valence-corrected chi connectivity index (χ0v) is 13.8. The van der Waals surface area contributed by atoms with Crippen LogP contribution in [0.2, 0.25) is 0 Å². The maximum atomic E-state index is 12.4. The van der Waals surface area contributed by atoms with Crippen molar-refractivity contribution in [1.29, 1.82) is 0 Å². The van der Waals surface area contributed by atoms with E-state index in [1.54, 1.807) is 6.08 Å². The Morgan fingerprint density at radius 1 is 1.17 bits per heavy atom. The minimum Gasteiger partial charge on any atom is -0.395 e. The Hall–Kier alpha value is -1.00. The number of carbonyl (C=O) groups excluding carboxylic acids is 2. The van der Waals surface area contributed by atoms with E-state index < -0.39 is 11.5 Å². The molecule has 0 aromatic heterocycles. The lowest BCUT2D eigenvalue weighted by Gasteiger charge is -2.57. The molecule has 0 aromatic rings. The maximum absolute atomic E-state index is 12.4. The molecule has 0 amide bonds. The lowest BCUT2D eigenvalue weighted by atomic mass is 9.47. The number of carbonyl (C=O) groups is 2. The van der Waals surface area contributed by atoms with Crippen LogP contribution in [0, 0.1) is 28.6 Å². The Bertz CT molecular complexity index is 594. The summed E-state index contributed by atoms with van der Waals surface area (Å²) in [4.78, 5) is 24.3. The predicted molar refractivity (Wildman–Crippen MR) is 84.5 cm³/mol. The zero-order valence-electron chi connectivity index (χ0n) is 13.8. The monoisotopic (exact) mass is 318 g/mol. The number of aliphatic hydroxyl groups is 2. The number of hydrogen-bond donors (Lipinski definition) is 2. The van der Waals surface area contributed by atoms with E-state index in [1.165, 1.54) is 0 Å². The Labute approximate surface area is 137 Å². The van der Waals surface area contributed by atoms with Gasteiger partial charge in [0.1, 0.15) is 11.9 Å². The first-order valence-electron chi connectivity index (χ1n) is 8.99. The van der Waals surface area contributed by atoms with Crippen LogP contribution in [0.3, 0.4) is 0 Å². The van der Waals surface area contributed by atoms with Crippen LogP contribution < -0.4 is 0 Å². The molecule has 0 spiro atoms. The highest BCUT2D eigenvalue weighted by Gasteiger charge is 2.60. The van der Waals surface area contributed by atoms with Crippen LogP contribution in [0.25, 0.3) is 0 Å². The number of ketones is 2. The fraction of sp³-hybridized carbons (Fsp3) is 0.789. The summed E-state index contributed by atoms with van der Waals surface area (Å²) in [6.07, 6.45) is 6.28. The summed E-state index contributed by atoms with van der Waals surface area (Å²) in [5.74, 6) is 1.34. The molecule has 0 aliphatic heterocycles. The molecule has 0 bridgehead atoms. The highest BCUT2D eigenvalue weighted by molar-refractivity contribution is 5.95. The Balaban J connectivity index is 1.74. The van der Waals surface area contributed by atoms with Gasteiger partial charge in [0.05, 0.1) is 6.61 Å². The van der Waals surface area contributed by atoms with Crippen molar-refractivity contribution in [1.82, 2.24) is 0 Å². The van der Waals surface area contributed by atoms with E-state index in [-0.39, 0.29) is 17.8 Å². The van der Waals surface area contributed by atoms with Crippen molar-refractivity contribution in [3.63, 3.8) is 0 Å². The molecule has 4 aliphatic carbocycles. The average molecular weight is 318 g/mol. The summed E-state index contributed by atoms with van der Waals surface area (Å²) in [7, 11) is 0. The summed E-state index contributed by atoms with van der Waals surface area (Å²) in [6.45, 7) is 2.14. The largest absolute Gasteiger partial charge is 0.395 e. The normalized spacial score (nSPS) is 49.3. The van der Waals surface area contributed by atoms with Gasteiger partial charge in [-0.3, -0.25) is 9.59 Å². The molecule has 4 heteroatoms. The van der Waals surface area contributed by atoms with E-state index in [1.807, 2.05) is 0 Å². The number of aliphatic hydroxyl groups excluding tert-OH is 2. The maximum Gasteiger partial charge on any atom is 0.184 e. The van der Waals surface area contributed by atoms with E-state index >= 15 is 0 Å². The van der Waals surface area contributed by atoms with Crippen molar-refractivity contribution in [2.75, 3.05) is 6.61 Å². The first kappa shape index (κ1) is 15.5. The molecule has 6 atom stereocenters. The van der Waals surface area contributed by atoms with E-state index in [2.05, 4.69) is 6.92 Å². The van der Waals surface area contributed by atoms with E-state index in [0.29, 0.717) is 36.4 Å². The van der Waals surface area contributed by atoms with Gasteiger partial charge in [-0.2, -0.15) is 0 Å². The van der Waals surface area contributed by atoms with Crippen LogP contribution in [-0.2, 0) is 9.59 Å². The molecular weight excluding hydrogens is 292 g/mol. The molecule has 126 valence electrons. The Kier molecular flexibility index (Phi) is 3.37. The predicted octanol–water partition coefficient (Wildman–Crippen LogP) is 2.03. The fourth-order valence-electron chi connectivity index (χ4n) is 6.45. The van der Waals surface area contributed by atoms with Gasteiger partial charge in [0, 0.05) is 17.3 Å². The molecule has 2 N–H and O–H groups in total. The topological polar surface area (TPSA) is 74.6 Å². The summed E-state index contributed by atoms with van der Waals surface area (Å²) in [5, 5.41) is 20.4. The quantitative estimate of drug-likeness (QED) is 0.776. The molecule has 3 fully saturated rings. The molecule has 1 unspecified atom stereocenters. The van der Waals surface area contributed by atoms with Gasteiger partial charge in [-0.15, -0.1) is 0 Å². The minimum absolute atomic E-state index is 0.00171. The average Bonchev–Trinajstić information content (AvgIpc) is 2.84. The van der Waals surface area contributed by atoms with E-state index in [0.717, 1.165) is 37.7 Å². The van der Waals surface area contributed by atoms with Crippen LogP contribution in [0.4, 0.5) is 0 Å². The summed E-state index contributed by atoms with van der Waals surface area (Å²) in [6, 6.07) is 0. The van der Waals surface area contributed by atoms with Crippen molar-refractivity contribution in [3.8, 4) is 0 Å². The molecule has 0 radical (unpaired) electrons. The number of hydrogen-bond acceptors (Lipinski definition) is 4. The molecule has 0 heterocycles. The smallest absolute Gasteiger partial charge is 0.184 e. The van der Waals surface area contributed by atoms with Crippen LogP contribution in [0.1, 0.15) is 51.9 Å². The second kappa shape index (κ2) is 5.00. The highest BCUT2D eigenvalue weighted by atomic mass is 16.3. The third kappa shape index (κ3) is 1.91. The third-order valence-electron chi connectivity index (χ3n) is 7.73. The van der Waals surface area contributed by atoms with Gasteiger partial charge in [-0.05, 0) is 62.4 Å². The molecule has 0 aromatic carbocycles. The lowest BCUT2D eigenvalue weighted by molar-refractivity contribution is -0.137. The van der Waals surface area contributed by atoms with Crippen LogP contribution in [-0.4, -0.2) is 34.5 Å². The van der Waals surface area contributed by atoms with Crippen LogP contribution in [0.15, 0.2) is 11.6 Å². The summed E-state index contributed by atoms with van der Waals surface area (Å²) in [5.41, 5.74) is 0.426. The van der Waals surface area contributed by atoms with Gasteiger partial charge in [-0.25, -0.2) is 0 Å². The van der Waals surface area contributed by atoms with E-state index in [4.69, 9.17) is 0 Å². The number of Topliss-reactive ketones (excluding diaryl/α,β-unsaturated/α-hetero) is 1. The van der Waals surface area contributed by atoms with Crippen LogP contribution >= 0.6 is 0 Å².